The molecule has 0 radical (unpaired) electrons. The van der Waals surface area contributed by atoms with E-state index >= 15 is 0 Å². The zero-order chi connectivity index (χ0) is 33.7. The molecule has 44 heavy (non-hydrogen) atoms. The lowest BCUT2D eigenvalue weighted by molar-refractivity contribution is -0.145. The highest BCUT2D eigenvalue weighted by Gasteiger charge is 2.70. The van der Waals surface area contributed by atoms with Crippen molar-refractivity contribution < 1.29 is 32.4 Å². The van der Waals surface area contributed by atoms with Crippen LogP contribution in [0.3, 0.4) is 0 Å². The normalized spacial score (nSPS) is 24.8. The van der Waals surface area contributed by atoms with Crippen LogP contribution in [0.5, 0.6) is 0 Å². The van der Waals surface area contributed by atoms with E-state index in [1.807, 2.05) is 27.7 Å². The molecular weight excluding hydrogens is 590 g/mol. The van der Waals surface area contributed by atoms with Crippen molar-refractivity contribution in [3.8, 4) is 0 Å². The van der Waals surface area contributed by atoms with Crippen molar-refractivity contribution in [3.63, 3.8) is 0 Å². The fraction of sp³-hybridized carbons (Fsp3) is 0.828. The number of primary amides is 1. The van der Waals surface area contributed by atoms with E-state index in [0.29, 0.717) is 19.4 Å². The van der Waals surface area contributed by atoms with Crippen LogP contribution in [0.25, 0.3) is 0 Å². The number of nitrogens with zero attached hydrogens (tertiary/aromatic N) is 3. The van der Waals surface area contributed by atoms with E-state index in [2.05, 4.69) is 16.0 Å². The number of likely N-dealkylation sites (N-methyl/N-ethyl adjacent to an activating group) is 1. The molecule has 1 aliphatic heterocycles. The SMILES string of the molecule is CC(C)[C@@H](CN(C)S(=O)(=O)N(C)C)NC(=O)N[C@H](C(=O)N1C[C@H]2[C@@H]([C@H]1C(=O)NC(C(=O)C(N)=O)C1CC1)C2(C)C)C(C)(C)C. The van der Waals surface area contributed by atoms with Gasteiger partial charge in [-0.3, -0.25) is 19.2 Å². The molecule has 5 amide bonds. The number of carbonyl (C=O) groups is 5. The number of amides is 5. The number of likely N-dealkylation sites (tertiary alicyclic amines) is 1. The molecular formula is C29H51N7O7S. The highest BCUT2D eigenvalue weighted by atomic mass is 32.2. The van der Waals surface area contributed by atoms with E-state index in [9.17, 15) is 32.4 Å². The molecule has 0 bridgehead atoms. The molecule has 3 fully saturated rings. The monoisotopic (exact) mass is 641 g/mol. The number of rotatable bonds is 13. The number of nitrogens with two attached hydrogens (primary N) is 1. The van der Waals surface area contributed by atoms with Crippen LogP contribution in [0.1, 0.15) is 61.3 Å². The molecule has 250 valence electrons. The van der Waals surface area contributed by atoms with Gasteiger partial charge in [0.25, 0.3) is 16.1 Å². The van der Waals surface area contributed by atoms with Gasteiger partial charge in [-0.1, -0.05) is 48.5 Å². The standard InChI is InChI=1S/C29H51N7O7S/c1-15(2)18(14-35(10)44(42,43)34(8)9)31-27(41)33-23(28(3,4)5)26(40)36-13-17-19(29(17,6)7)21(36)25(39)32-20(16-11-12-16)22(37)24(30)38/h15-21,23H,11-14H2,1-10H3,(H2,30,38)(H,32,39)(H2,31,33,41)/t17-,18+,19-,20?,21-,23+/m0/s1. The summed E-state index contributed by atoms with van der Waals surface area (Å²) < 4.78 is 27.4. The van der Waals surface area contributed by atoms with E-state index in [1.54, 1.807) is 20.8 Å². The van der Waals surface area contributed by atoms with Crippen LogP contribution in [0.15, 0.2) is 0 Å². The van der Waals surface area contributed by atoms with Crippen molar-refractivity contribution in [3.05, 3.63) is 0 Å². The Hall–Kier alpha value is -2.78. The number of fused-ring (bicyclic) bond motifs is 1. The van der Waals surface area contributed by atoms with E-state index in [0.717, 1.165) is 8.61 Å². The molecule has 0 aromatic rings. The molecule has 14 nitrogen and oxygen atoms in total. The molecule has 15 heteroatoms. The molecule has 3 aliphatic rings. The molecule has 0 aromatic heterocycles. The smallest absolute Gasteiger partial charge is 0.315 e. The summed E-state index contributed by atoms with van der Waals surface area (Å²) in [6.07, 6.45) is 1.38. The van der Waals surface area contributed by atoms with Crippen LogP contribution in [0.4, 0.5) is 4.79 Å². The Morgan fingerprint density at radius 3 is 2.02 bits per heavy atom. The van der Waals surface area contributed by atoms with E-state index in [4.69, 9.17) is 5.73 Å². The number of carbonyl (C=O) groups excluding carboxylic acids is 5. The number of Topliss-reactive ketones (excluding diaryl/α,β-unsaturated/α-hetero) is 1. The zero-order valence-corrected chi connectivity index (χ0v) is 28.4. The fourth-order valence-corrected chi connectivity index (χ4v) is 7.17. The lowest BCUT2D eigenvalue weighted by Gasteiger charge is -2.38. The number of urea groups is 1. The molecule has 1 saturated heterocycles. The first-order valence-electron chi connectivity index (χ1n) is 15.2. The maximum absolute atomic E-state index is 14.2. The quantitative estimate of drug-likeness (QED) is 0.202. The summed E-state index contributed by atoms with van der Waals surface area (Å²) in [5.74, 6) is -3.30. The van der Waals surface area contributed by atoms with Crippen LogP contribution in [-0.2, 0) is 29.4 Å². The van der Waals surface area contributed by atoms with Crippen molar-refractivity contribution in [1.29, 1.82) is 0 Å². The maximum atomic E-state index is 14.2. The largest absolute Gasteiger partial charge is 0.363 e. The second kappa shape index (κ2) is 12.5. The minimum Gasteiger partial charge on any atom is -0.363 e. The molecule has 3 rings (SSSR count). The van der Waals surface area contributed by atoms with Gasteiger partial charge >= 0.3 is 6.03 Å². The minimum atomic E-state index is -3.71. The second-order valence-corrected chi connectivity index (χ2v) is 17.0. The first kappa shape index (κ1) is 35.7. The van der Waals surface area contributed by atoms with Crippen LogP contribution in [-0.4, -0.2) is 110 Å². The van der Waals surface area contributed by atoms with Gasteiger partial charge in [-0.25, -0.2) is 4.79 Å². The lowest BCUT2D eigenvalue weighted by Crippen LogP contribution is -2.62. The lowest BCUT2D eigenvalue weighted by atomic mass is 9.85. The predicted molar refractivity (Wildman–Crippen MR) is 164 cm³/mol. The number of ketones is 1. The Kier molecular flexibility index (Phi) is 10.2. The van der Waals surface area contributed by atoms with Crippen LogP contribution in [0, 0.1) is 34.5 Å². The van der Waals surface area contributed by atoms with Crippen LogP contribution < -0.4 is 21.7 Å². The molecule has 1 heterocycles. The van der Waals surface area contributed by atoms with Crippen molar-refractivity contribution in [1.82, 2.24) is 29.5 Å². The zero-order valence-electron chi connectivity index (χ0n) is 27.6. The average Bonchev–Trinajstić information content (AvgIpc) is 3.76. The predicted octanol–water partition coefficient (Wildman–Crippen LogP) is -0.105. The van der Waals surface area contributed by atoms with Crippen molar-refractivity contribution in [2.24, 2.45) is 40.2 Å². The van der Waals surface area contributed by atoms with Gasteiger partial charge in [0.15, 0.2) is 0 Å². The first-order valence-corrected chi connectivity index (χ1v) is 16.6. The van der Waals surface area contributed by atoms with Gasteiger partial charge in [0.05, 0.1) is 0 Å². The first-order chi connectivity index (χ1) is 20.0. The highest BCUT2D eigenvalue weighted by molar-refractivity contribution is 7.86. The molecule has 5 N–H and O–H groups in total. The van der Waals surface area contributed by atoms with Gasteiger partial charge in [-0.05, 0) is 47.3 Å². The summed E-state index contributed by atoms with van der Waals surface area (Å²) in [5, 5.41) is 8.37. The summed E-state index contributed by atoms with van der Waals surface area (Å²) >= 11 is 0. The number of piperidine rings is 1. The fourth-order valence-electron chi connectivity index (χ4n) is 6.26. The third-order valence-corrected chi connectivity index (χ3v) is 11.4. The van der Waals surface area contributed by atoms with Crippen molar-refractivity contribution in [2.45, 2.75) is 85.5 Å². The van der Waals surface area contributed by atoms with Gasteiger partial charge in [-0.2, -0.15) is 17.0 Å². The molecule has 2 aliphatic carbocycles. The maximum Gasteiger partial charge on any atom is 0.315 e. The van der Waals surface area contributed by atoms with Gasteiger partial charge in [0, 0.05) is 40.3 Å². The number of hydrogen-bond donors (Lipinski definition) is 4. The second-order valence-electron chi connectivity index (χ2n) is 14.8. The van der Waals surface area contributed by atoms with Gasteiger partial charge in [0.1, 0.15) is 18.1 Å². The number of hydrogen-bond acceptors (Lipinski definition) is 7. The third-order valence-electron chi connectivity index (χ3n) is 9.50. The Morgan fingerprint density at radius 2 is 1.57 bits per heavy atom. The van der Waals surface area contributed by atoms with E-state index < -0.39 is 69.3 Å². The molecule has 0 aromatic carbocycles. The summed E-state index contributed by atoms with van der Waals surface area (Å²) in [4.78, 5) is 66.9. The third kappa shape index (κ3) is 7.36. The summed E-state index contributed by atoms with van der Waals surface area (Å²) in [5.41, 5.74) is 4.29. The van der Waals surface area contributed by atoms with E-state index in [-0.39, 0.29) is 35.6 Å². The topological polar surface area (TPSA) is 191 Å². The molecule has 0 spiro atoms. The van der Waals surface area contributed by atoms with Gasteiger partial charge in [0.2, 0.25) is 17.6 Å². The van der Waals surface area contributed by atoms with E-state index in [1.165, 1.54) is 26.0 Å². The molecule has 6 atom stereocenters. The summed E-state index contributed by atoms with van der Waals surface area (Å²) in [6.45, 7) is 13.5. The molecule has 2 saturated carbocycles. The number of nitrogens with one attached hydrogen (secondary N) is 3. The Balaban J connectivity index is 1.80. The van der Waals surface area contributed by atoms with Gasteiger partial charge < -0.3 is 26.6 Å². The van der Waals surface area contributed by atoms with Gasteiger partial charge in [-0.15, -0.1) is 0 Å². The highest BCUT2D eigenvalue weighted by Crippen LogP contribution is 2.65. The van der Waals surface area contributed by atoms with Crippen molar-refractivity contribution in [2.75, 3.05) is 34.2 Å². The Morgan fingerprint density at radius 1 is 1.00 bits per heavy atom. The van der Waals surface area contributed by atoms with Crippen LogP contribution in [0.2, 0.25) is 0 Å². The Labute approximate surface area is 261 Å². The summed E-state index contributed by atoms with van der Waals surface area (Å²) in [7, 11) is 0.575. The average molecular weight is 642 g/mol. The molecule has 1 unspecified atom stereocenters. The minimum absolute atomic E-state index is 0.0126. The van der Waals surface area contributed by atoms with Crippen molar-refractivity contribution >= 4 is 39.7 Å². The Bertz CT molecular complexity index is 1270. The van der Waals surface area contributed by atoms with Crippen LogP contribution >= 0.6 is 0 Å². The summed E-state index contributed by atoms with van der Waals surface area (Å²) in [6, 6.07) is -4.14.